The Morgan fingerprint density at radius 1 is 0.676 bits per heavy atom. The van der Waals surface area contributed by atoms with Crippen LogP contribution in [0, 0.1) is 10.8 Å². The first kappa shape index (κ1) is 19.6. The number of rotatable bonds is 4. The molecule has 6 aromatic rings. The SMILES string of the molecule is N=C(N)c1ccc2[nH]c(-c3ccc4cnc(-c5nc6cc(C(=N)N)ccc6[nH]5)cc4c3)nc2c1. The van der Waals surface area contributed by atoms with Gasteiger partial charge in [0, 0.05) is 28.3 Å². The predicted octanol–water partition coefficient (Wildman–Crippen LogP) is 3.89. The van der Waals surface area contributed by atoms with Crippen molar-refractivity contribution in [1.29, 1.82) is 10.8 Å². The van der Waals surface area contributed by atoms with Gasteiger partial charge in [0.25, 0.3) is 0 Å². The highest BCUT2D eigenvalue weighted by Crippen LogP contribution is 2.28. The Morgan fingerprint density at radius 2 is 1.29 bits per heavy atom. The van der Waals surface area contributed by atoms with Crippen LogP contribution in [0.1, 0.15) is 11.1 Å². The molecular weight excluding hydrogens is 426 g/mol. The lowest BCUT2D eigenvalue weighted by Gasteiger charge is -2.03. The lowest BCUT2D eigenvalue weighted by atomic mass is 10.1. The molecular formula is C25H19N9. The second-order valence-electron chi connectivity index (χ2n) is 8.09. The van der Waals surface area contributed by atoms with E-state index >= 15 is 0 Å². The number of hydrogen-bond donors (Lipinski definition) is 6. The molecule has 0 fully saturated rings. The first-order valence-electron chi connectivity index (χ1n) is 10.5. The molecule has 0 spiro atoms. The van der Waals surface area contributed by atoms with Gasteiger partial charge in [-0.3, -0.25) is 15.8 Å². The van der Waals surface area contributed by atoms with Crippen molar-refractivity contribution in [3.8, 4) is 22.9 Å². The Hall–Kier alpha value is -5.05. The maximum atomic E-state index is 7.64. The first-order chi connectivity index (χ1) is 16.4. The van der Waals surface area contributed by atoms with Crippen molar-refractivity contribution in [2.75, 3.05) is 0 Å². The van der Waals surface area contributed by atoms with Crippen LogP contribution in [-0.2, 0) is 0 Å². The van der Waals surface area contributed by atoms with E-state index in [1.807, 2.05) is 36.5 Å². The van der Waals surface area contributed by atoms with Gasteiger partial charge >= 0.3 is 0 Å². The smallest absolute Gasteiger partial charge is 0.157 e. The highest BCUT2D eigenvalue weighted by Gasteiger charge is 2.11. The van der Waals surface area contributed by atoms with Crippen LogP contribution in [-0.4, -0.2) is 36.6 Å². The van der Waals surface area contributed by atoms with E-state index in [1.54, 1.807) is 24.3 Å². The van der Waals surface area contributed by atoms with Gasteiger partial charge in [-0.2, -0.15) is 0 Å². The maximum Gasteiger partial charge on any atom is 0.157 e. The summed E-state index contributed by atoms with van der Waals surface area (Å²) < 4.78 is 0. The zero-order valence-corrected chi connectivity index (χ0v) is 17.8. The van der Waals surface area contributed by atoms with Crippen LogP contribution in [0.4, 0.5) is 0 Å². The summed E-state index contributed by atoms with van der Waals surface area (Å²) >= 11 is 0. The number of nitrogens with two attached hydrogens (primary N) is 2. The zero-order valence-electron chi connectivity index (χ0n) is 17.8. The Balaban J connectivity index is 1.41. The average Bonchev–Trinajstić information content (AvgIpc) is 3.46. The molecule has 0 atom stereocenters. The second-order valence-corrected chi connectivity index (χ2v) is 8.09. The van der Waals surface area contributed by atoms with Gasteiger partial charge in [-0.1, -0.05) is 12.1 Å². The molecule has 0 amide bonds. The number of H-pyrrole nitrogens is 2. The molecule has 0 bridgehead atoms. The van der Waals surface area contributed by atoms with Crippen LogP contribution in [0.3, 0.4) is 0 Å². The molecule has 0 aliphatic carbocycles. The summed E-state index contributed by atoms with van der Waals surface area (Å²) in [5, 5.41) is 17.3. The fourth-order valence-corrected chi connectivity index (χ4v) is 4.02. The quantitative estimate of drug-likeness (QED) is 0.178. The molecule has 3 aromatic carbocycles. The molecule has 0 unspecified atom stereocenters. The van der Waals surface area contributed by atoms with Crippen LogP contribution < -0.4 is 11.5 Å². The molecule has 3 heterocycles. The summed E-state index contributed by atoms with van der Waals surface area (Å²) in [5.74, 6) is 1.39. The third-order valence-corrected chi connectivity index (χ3v) is 5.83. The molecule has 0 aliphatic rings. The summed E-state index contributed by atoms with van der Waals surface area (Å²) in [4.78, 5) is 20.5. The maximum absolute atomic E-state index is 7.64. The van der Waals surface area contributed by atoms with E-state index in [1.165, 1.54) is 0 Å². The summed E-state index contributed by atoms with van der Waals surface area (Å²) in [7, 11) is 0. The molecule has 34 heavy (non-hydrogen) atoms. The standard InChI is InChI=1S/C25H19N9/c26-22(27)12-3-5-17-19(8-12)33-24(31-17)14-1-2-15-11-30-21(10-16(15)7-14)25-32-18-6-4-13(23(28)29)9-20(18)34-25/h1-11H,(H3,26,27)(H3,28,29)(H,31,33)(H,32,34). The molecule has 9 nitrogen and oxygen atoms in total. The molecule has 9 heteroatoms. The van der Waals surface area contributed by atoms with Crippen LogP contribution in [0.25, 0.3) is 55.7 Å². The number of aromatic amines is 2. The van der Waals surface area contributed by atoms with Gasteiger partial charge in [0.2, 0.25) is 0 Å². The minimum atomic E-state index is 0.00548. The Kier molecular flexibility index (Phi) is 4.18. The monoisotopic (exact) mass is 445 g/mol. The Labute approximate surface area is 192 Å². The summed E-state index contributed by atoms with van der Waals surface area (Å²) in [6, 6.07) is 19.0. The van der Waals surface area contributed by atoms with Gasteiger partial charge in [0.15, 0.2) is 5.82 Å². The van der Waals surface area contributed by atoms with Gasteiger partial charge in [0.1, 0.15) is 23.2 Å². The molecule has 0 saturated carbocycles. The summed E-state index contributed by atoms with van der Waals surface area (Å²) in [6.45, 7) is 0. The lowest BCUT2D eigenvalue weighted by molar-refractivity contribution is 1.25. The van der Waals surface area contributed by atoms with Crippen molar-refractivity contribution >= 4 is 44.5 Å². The average molecular weight is 445 g/mol. The minimum absolute atomic E-state index is 0.00548. The van der Waals surface area contributed by atoms with Crippen LogP contribution in [0.5, 0.6) is 0 Å². The van der Waals surface area contributed by atoms with Gasteiger partial charge in [-0.25, -0.2) is 9.97 Å². The Bertz CT molecular complexity index is 1650. The van der Waals surface area contributed by atoms with Crippen LogP contribution in [0.2, 0.25) is 0 Å². The van der Waals surface area contributed by atoms with Crippen molar-refractivity contribution in [2.45, 2.75) is 0 Å². The molecule has 0 saturated heterocycles. The third kappa shape index (κ3) is 3.23. The number of pyridine rings is 1. The van der Waals surface area contributed by atoms with Crippen molar-refractivity contribution in [2.24, 2.45) is 11.5 Å². The highest BCUT2D eigenvalue weighted by molar-refractivity contribution is 5.99. The lowest BCUT2D eigenvalue weighted by Crippen LogP contribution is -2.10. The largest absolute Gasteiger partial charge is 0.384 e. The second kappa shape index (κ2) is 7.24. The van der Waals surface area contributed by atoms with Crippen LogP contribution in [0.15, 0.2) is 66.9 Å². The normalized spacial score (nSPS) is 11.4. The number of nitrogens with one attached hydrogen (secondary N) is 4. The molecule has 8 N–H and O–H groups in total. The number of nitrogens with zero attached hydrogens (tertiary/aromatic N) is 3. The van der Waals surface area contributed by atoms with Crippen molar-refractivity contribution in [3.63, 3.8) is 0 Å². The number of fused-ring (bicyclic) bond motifs is 3. The number of benzene rings is 3. The van der Waals surface area contributed by atoms with E-state index in [2.05, 4.69) is 26.0 Å². The summed E-state index contributed by atoms with van der Waals surface area (Å²) in [5.41, 5.74) is 17.3. The molecule has 6 rings (SSSR count). The Morgan fingerprint density at radius 3 is 1.94 bits per heavy atom. The molecule has 0 aliphatic heterocycles. The fourth-order valence-electron chi connectivity index (χ4n) is 4.02. The van der Waals surface area contributed by atoms with E-state index < -0.39 is 0 Å². The first-order valence-corrected chi connectivity index (χ1v) is 10.5. The third-order valence-electron chi connectivity index (χ3n) is 5.83. The minimum Gasteiger partial charge on any atom is -0.384 e. The van der Waals surface area contributed by atoms with Gasteiger partial charge in [-0.15, -0.1) is 0 Å². The van der Waals surface area contributed by atoms with Crippen LogP contribution >= 0.6 is 0 Å². The van der Waals surface area contributed by atoms with E-state index in [9.17, 15) is 0 Å². The number of amidine groups is 2. The van der Waals surface area contributed by atoms with Gasteiger partial charge in [-0.05, 0) is 53.9 Å². The van der Waals surface area contributed by atoms with Gasteiger partial charge < -0.3 is 21.4 Å². The van der Waals surface area contributed by atoms with E-state index in [4.69, 9.17) is 27.3 Å². The number of imidazole rings is 2. The fraction of sp³-hybridized carbons (Fsp3) is 0. The van der Waals surface area contributed by atoms with E-state index in [0.29, 0.717) is 22.6 Å². The van der Waals surface area contributed by atoms with Crippen molar-refractivity contribution in [3.05, 3.63) is 78.0 Å². The van der Waals surface area contributed by atoms with Crippen molar-refractivity contribution < 1.29 is 0 Å². The van der Waals surface area contributed by atoms with E-state index in [0.717, 1.165) is 44.2 Å². The summed E-state index contributed by atoms with van der Waals surface area (Å²) in [6.07, 6.45) is 1.82. The predicted molar refractivity (Wildman–Crippen MR) is 134 cm³/mol. The van der Waals surface area contributed by atoms with E-state index in [-0.39, 0.29) is 11.7 Å². The molecule has 3 aromatic heterocycles. The highest BCUT2D eigenvalue weighted by atomic mass is 14.9. The topological polar surface area (TPSA) is 170 Å². The van der Waals surface area contributed by atoms with Gasteiger partial charge in [0.05, 0.1) is 22.1 Å². The van der Waals surface area contributed by atoms with Crippen molar-refractivity contribution in [1.82, 2.24) is 24.9 Å². The molecule has 164 valence electrons. The number of nitrogen functional groups attached to an aromatic ring is 2. The number of hydrogen-bond acceptors (Lipinski definition) is 5. The molecule has 0 radical (unpaired) electrons. The number of aromatic nitrogens is 5. The zero-order chi connectivity index (χ0) is 23.4.